The summed E-state index contributed by atoms with van der Waals surface area (Å²) in [6, 6.07) is 13.6. The van der Waals surface area contributed by atoms with E-state index >= 15 is 0 Å². The molecule has 1 N–H and O–H groups in total. The van der Waals surface area contributed by atoms with Crippen LogP contribution in [0.15, 0.2) is 59.5 Å². The Bertz CT molecular complexity index is 1230. The summed E-state index contributed by atoms with van der Waals surface area (Å²) < 4.78 is 37.7. The average Bonchev–Trinajstić information content (AvgIpc) is 3.40. The third-order valence-electron chi connectivity index (χ3n) is 5.00. The van der Waals surface area contributed by atoms with Gasteiger partial charge in [-0.2, -0.15) is 0 Å². The quantitative estimate of drug-likeness (QED) is 0.564. The normalized spacial score (nSPS) is 16.3. The lowest BCUT2D eigenvalue weighted by Gasteiger charge is -2.16. The Morgan fingerprint density at radius 3 is 2.56 bits per heavy atom. The summed E-state index contributed by atoms with van der Waals surface area (Å²) in [5.41, 5.74) is 0.608. The molecule has 1 atom stereocenters. The van der Waals surface area contributed by atoms with E-state index in [0.29, 0.717) is 17.2 Å². The van der Waals surface area contributed by atoms with Gasteiger partial charge in [0, 0.05) is 31.0 Å². The van der Waals surface area contributed by atoms with Crippen molar-refractivity contribution in [3.8, 4) is 0 Å². The van der Waals surface area contributed by atoms with E-state index < -0.39 is 15.7 Å². The van der Waals surface area contributed by atoms with Crippen molar-refractivity contribution in [2.45, 2.75) is 23.7 Å². The van der Waals surface area contributed by atoms with Crippen molar-refractivity contribution in [3.63, 3.8) is 0 Å². The number of amides is 2. The van der Waals surface area contributed by atoms with E-state index in [-0.39, 0.29) is 46.3 Å². The van der Waals surface area contributed by atoms with Crippen LogP contribution in [0.3, 0.4) is 0 Å². The van der Waals surface area contributed by atoms with Gasteiger partial charge in [-0.1, -0.05) is 29.5 Å². The van der Waals surface area contributed by atoms with Gasteiger partial charge in [-0.25, -0.2) is 12.8 Å². The van der Waals surface area contributed by atoms with Gasteiger partial charge in [0.2, 0.25) is 16.9 Å². The highest BCUT2D eigenvalue weighted by atomic mass is 32.2. The molecule has 2 amide bonds. The van der Waals surface area contributed by atoms with Crippen LogP contribution in [-0.4, -0.2) is 42.7 Å². The van der Waals surface area contributed by atoms with Gasteiger partial charge in [0.1, 0.15) is 10.8 Å². The topological polar surface area (TPSA) is 109 Å². The van der Waals surface area contributed by atoms with Gasteiger partial charge in [-0.15, -0.1) is 10.2 Å². The number of benzene rings is 2. The molecule has 1 aliphatic rings. The number of carbonyl (C=O) groups is 2. The zero-order chi connectivity index (χ0) is 22.7. The molecule has 0 bridgehead atoms. The number of nitrogens with one attached hydrogen (secondary N) is 1. The standard InChI is InChI=1S/C21H19FN4O4S2/c22-15-6-8-16(9-7-15)26-13-14(12-19(26)28)20-24-25-21(31-20)23-18(27)10-11-32(29,30)17-4-2-1-3-5-17/h1-9,14H,10-13H2,(H,23,25,27). The molecule has 0 saturated carbocycles. The molecule has 166 valence electrons. The summed E-state index contributed by atoms with van der Waals surface area (Å²) in [5.74, 6) is -1.48. The van der Waals surface area contributed by atoms with E-state index in [4.69, 9.17) is 0 Å². The number of hydrogen-bond donors (Lipinski definition) is 1. The Labute approximate surface area is 188 Å². The van der Waals surface area contributed by atoms with E-state index in [1.807, 2.05) is 0 Å². The average molecular weight is 475 g/mol. The van der Waals surface area contributed by atoms with Gasteiger partial charge < -0.3 is 10.2 Å². The zero-order valence-corrected chi connectivity index (χ0v) is 18.4. The lowest BCUT2D eigenvalue weighted by Crippen LogP contribution is -2.24. The van der Waals surface area contributed by atoms with Crippen molar-refractivity contribution in [2.24, 2.45) is 0 Å². The van der Waals surface area contributed by atoms with Crippen molar-refractivity contribution >= 4 is 43.8 Å². The molecule has 32 heavy (non-hydrogen) atoms. The van der Waals surface area contributed by atoms with E-state index in [1.165, 1.54) is 24.3 Å². The van der Waals surface area contributed by atoms with Crippen LogP contribution >= 0.6 is 11.3 Å². The minimum atomic E-state index is -3.56. The van der Waals surface area contributed by atoms with Crippen molar-refractivity contribution in [1.29, 1.82) is 0 Å². The minimum absolute atomic E-state index is 0.103. The summed E-state index contributed by atoms with van der Waals surface area (Å²) in [6.45, 7) is 0.377. The molecule has 0 spiro atoms. The second kappa shape index (κ2) is 9.13. The van der Waals surface area contributed by atoms with Crippen LogP contribution in [0.1, 0.15) is 23.8 Å². The molecule has 8 nitrogen and oxygen atoms in total. The third kappa shape index (κ3) is 5.00. The Kier molecular flexibility index (Phi) is 6.28. The fraction of sp³-hybridized carbons (Fsp3) is 0.238. The number of hydrogen-bond acceptors (Lipinski definition) is 7. The van der Waals surface area contributed by atoms with Crippen molar-refractivity contribution < 1.29 is 22.4 Å². The molecule has 1 fully saturated rings. The molecule has 2 aromatic carbocycles. The summed E-state index contributed by atoms with van der Waals surface area (Å²) in [5, 5.41) is 11.4. The smallest absolute Gasteiger partial charge is 0.227 e. The number of nitrogens with zero attached hydrogens (tertiary/aromatic N) is 3. The van der Waals surface area contributed by atoms with E-state index in [0.717, 1.165) is 11.3 Å². The van der Waals surface area contributed by atoms with Crippen LogP contribution < -0.4 is 10.2 Å². The highest BCUT2D eigenvalue weighted by Crippen LogP contribution is 2.34. The predicted octanol–water partition coefficient (Wildman–Crippen LogP) is 3.00. The molecule has 1 unspecified atom stereocenters. The molecule has 0 aliphatic carbocycles. The lowest BCUT2D eigenvalue weighted by molar-refractivity contribution is -0.117. The Hall–Kier alpha value is -3.18. The second-order valence-corrected chi connectivity index (χ2v) is 10.4. The molecule has 4 rings (SSSR count). The SMILES string of the molecule is O=C(CCS(=O)(=O)c1ccccc1)Nc1nnc(C2CC(=O)N(c3ccc(F)cc3)C2)s1. The summed E-state index contributed by atoms with van der Waals surface area (Å²) in [4.78, 5) is 26.3. The van der Waals surface area contributed by atoms with E-state index in [1.54, 1.807) is 35.2 Å². The predicted molar refractivity (Wildman–Crippen MR) is 118 cm³/mol. The molecule has 3 aromatic rings. The van der Waals surface area contributed by atoms with Crippen LogP contribution in [-0.2, 0) is 19.4 Å². The van der Waals surface area contributed by atoms with Gasteiger partial charge in [0.05, 0.1) is 10.6 Å². The van der Waals surface area contributed by atoms with Crippen LogP contribution in [0, 0.1) is 5.82 Å². The highest BCUT2D eigenvalue weighted by Gasteiger charge is 2.34. The van der Waals surface area contributed by atoms with Gasteiger partial charge in [0.15, 0.2) is 9.84 Å². The van der Waals surface area contributed by atoms with Crippen molar-refractivity contribution in [1.82, 2.24) is 10.2 Å². The number of sulfone groups is 1. The molecule has 2 heterocycles. The highest BCUT2D eigenvalue weighted by molar-refractivity contribution is 7.91. The first-order valence-electron chi connectivity index (χ1n) is 9.79. The largest absolute Gasteiger partial charge is 0.312 e. The molecular weight excluding hydrogens is 455 g/mol. The molecule has 11 heteroatoms. The summed E-state index contributed by atoms with van der Waals surface area (Å²) >= 11 is 1.15. The second-order valence-electron chi connectivity index (χ2n) is 7.26. The number of rotatable bonds is 7. The monoisotopic (exact) mass is 474 g/mol. The summed E-state index contributed by atoms with van der Waals surface area (Å²) in [6.07, 6.45) is 0.0156. The molecule has 1 aliphatic heterocycles. The Morgan fingerprint density at radius 2 is 1.84 bits per heavy atom. The Morgan fingerprint density at radius 1 is 1.12 bits per heavy atom. The summed E-state index contributed by atoms with van der Waals surface area (Å²) in [7, 11) is -3.56. The van der Waals surface area contributed by atoms with Crippen LogP contribution in [0.5, 0.6) is 0 Å². The number of aromatic nitrogens is 2. The van der Waals surface area contributed by atoms with E-state index in [2.05, 4.69) is 15.5 Å². The number of halogens is 1. The van der Waals surface area contributed by atoms with E-state index in [9.17, 15) is 22.4 Å². The van der Waals surface area contributed by atoms with Crippen molar-refractivity contribution in [2.75, 3.05) is 22.5 Å². The van der Waals surface area contributed by atoms with Gasteiger partial charge in [-0.05, 0) is 36.4 Å². The van der Waals surface area contributed by atoms with Gasteiger partial charge in [-0.3, -0.25) is 9.59 Å². The maximum Gasteiger partial charge on any atom is 0.227 e. The van der Waals surface area contributed by atoms with Crippen LogP contribution in [0.25, 0.3) is 0 Å². The molecular formula is C21H19FN4O4S2. The van der Waals surface area contributed by atoms with Gasteiger partial charge >= 0.3 is 0 Å². The van der Waals surface area contributed by atoms with Crippen LogP contribution in [0.4, 0.5) is 15.2 Å². The third-order valence-corrected chi connectivity index (χ3v) is 7.73. The minimum Gasteiger partial charge on any atom is -0.312 e. The Balaban J connectivity index is 1.34. The lowest BCUT2D eigenvalue weighted by atomic mass is 10.1. The molecule has 0 radical (unpaired) electrons. The number of anilines is 2. The zero-order valence-electron chi connectivity index (χ0n) is 16.8. The fourth-order valence-electron chi connectivity index (χ4n) is 3.35. The first-order valence-corrected chi connectivity index (χ1v) is 12.3. The first-order chi connectivity index (χ1) is 15.3. The molecule has 1 saturated heterocycles. The van der Waals surface area contributed by atoms with Crippen molar-refractivity contribution in [3.05, 3.63) is 65.4 Å². The van der Waals surface area contributed by atoms with Crippen LogP contribution in [0.2, 0.25) is 0 Å². The maximum absolute atomic E-state index is 13.1. The molecule has 1 aromatic heterocycles. The van der Waals surface area contributed by atoms with Gasteiger partial charge in [0.25, 0.3) is 0 Å². The first kappa shape index (κ1) is 22.0. The maximum atomic E-state index is 13.1. The number of carbonyl (C=O) groups excluding carboxylic acids is 2. The fourth-order valence-corrected chi connectivity index (χ4v) is 5.46.